The van der Waals surface area contributed by atoms with E-state index in [1.807, 2.05) is 44.2 Å². The van der Waals surface area contributed by atoms with Crippen LogP contribution in [0.15, 0.2) is 30.3 Å². The molecule has 1 aromatic heterocycles. The van der Waals surface area contributed by atoms with Crippen LogP contribution in [-0.2, 0) is 9.53 Å². The molecule has 0 saturated carbocycles. The molecule has 1 aliphatic rings. The quantitative estimate of drug-likeness (QED) is 0.730. The van der Waals surface area contributed by atoms with Crippen molar-refractivity contribution in [1.29, 1.82) is 0 Å². The summed E-state index contributed by atoms with van der Waals surface area (Å²) in [5.74, 6) is 0.919. The summed E-state index contributed by atoms with van der Waals surface area (Å²) in [6, 6.07) is 9.44. The fourth-order valence-electron chi connectivity index (χ4n) is 3.73. The number of nitrogens with zero attached hydrogens (tertiary/aromatic N) is 5. The number of hydrogen-bond donors (Lipinski definition) is 1. The van der Waals surface area contributed by atoms with E-state index < -0.39 is 6.04 Å². The number of morpholine rings is 1. The fraction of sp³-hybridized carbons (Fsp3) is 0.619. The molecule has 0 radical (unpaired) electrons. The number of aromatic nitrogens is 4. The van der Waals surface area contributed by atoms with E-state index in [1.165, 1.54) is 4.80 Å². The zero-order valence-electron chi connectivity index (χ0n) is 17.8. The van der Waals surface area contributed by atoms with Gasteiger partial charge in [0.2, 0.25) is 11.7 Å². The topological polar surface area (TPSA) is 85.2 Å². The predicted molar refractivity (Wildman–Crippen MR) is 111 cm³/mol. The molecule has 0 bridgehead atoms. The average Bonchev–Trinajstić information content (AvgIpc) is 3.19. The lowest BCUT2D eigenvalue weighted by Crippen LogP contribution is -2.52. The first-order valence-electron chi connectivity index (χ1n) is 10.4. The highest BCUT2D eigenvalue weighted by Crippen LogP contribution is 2.19. The summed E-state index contributed by atoms with van der Waals surface area (Å²) in [4.78, 5) is 16.9. The van der Waals surface area contributed by atoms with E-state index in [-0.39, 0.29) is 17.9 Å². The van der Waals surface area contributed by atoms with E-state index in [2.05, 4.69) is 39.5 Å². The summed E-state index contributed by atoms with van der Waals surface area (Å²) in [5.41, 5.74) is 0.883. The highest BCUT2D eigenvalue weighted by molar-refractivity contribution is 5.80. The van der Waals surface area contributed by atoms with Crippen molar-refractivity contribution < 1.29 is 9.53 Å². The van der Waals surface area contributed by atoms with Gasteiger partial charge >= 0.3 is 0 Å². The number of hydrogen-bond acceptors (Lipinski definition) is 6. The standard InChI is InChI=1S/C21H32N6O2/c1-15(2)18(26-10-12-29-13-11-26)14-22-21(28)19(16(3)4)27-24-20(23-25-27)17-8-6-5-7-9-17/h5-9,15-16,18-19H,10-14H2,1-4H3,(H,22,28). The Bertz CT molecular complexity index is 770. The molecule has 1 saturated heterocycles. The molecule has 3 rings (SSSR count). The van der Waals surface area contributed by atoms with Crippen LogP contribution in [0.3, 0.4) is 0 Å². The summed E-state index contributed by atoms with van der Waals surface area (Å²) in [6.07, 6.45) is 0. The number of benzene rings is 1. The third kappa shape index (κ3) is 5.39. The number of rotatable bonds is 8. The molecule has 1 aromatic carbocycles. The molecule has 2 atom stereocenters. The molecular weight excluding hydrogens is 368 g/mol. The molecule has 29 heavy (non-hydrogen) atoms. The average molecular weight is 401 g/mol. The van der Waals surface area contributed by atoms with Gasteiger partial charge in [-0.3, -0.25) is 9.69 Å². The van der Waals surface area contributed by atoms with E-state index in [4.69, 9.17) is 4.74 Å². The van der Waals surface area contributed by atoms with E-state index in [0.717, 1.165) is 31.9 Å². The van der Waals surface area contributed by atoms with Crippen molar-refractivity contribution in [2.24, 2.45) is 11.8 Å². The first kappa shape index (κ1) is 21.4. The smallest absolute Gasteiger partial charge is 0.247 e. The van der Waals surface area contributed by atoms with E-state index in [1.54, 1.807) is 0 Å². The van der Waals surface area contributed by atoms with Gasteiger partial charge in [-0.05, 0) is 17.0 Å². The lowest BCUT2D eigenvalue weighted by atomic mass is 10.0. The largest absolute Gasteiger partial charge is 0.379 e. The third-order valence-electron chi connectivity index (χ3n) is 5.38. The van der Waals surface area contributed by atoms with Crippen molar-refractivity contribution in [2.45, 2.75) is 39.8 Å². The van der Waals surface area contributed by atoms with Crippen LogP contribution >= 0.6 is 0 Å². The van der Waals surface area contributed by atoms with E-state index in [0.29, 0.717) is 18.3 Å². The Balaban J connectivity index is 1.69. The van der Waals surface area contributed by atoms with Crippen LogP contribution in [0.25, 0.3) is 11.4 Å². The Morgan fingerprint density at radius 1 is 1.10 bits per heavy atom. The predicted octanol–water partition coefficient (Wildman–Crippen LogP) is 2.01. The third-order valence-corrected chi connectivity index (χ3v) is 5.38. The number of carbonyl (C=O) groups excluding carboxylic acids is 1. The molecule has 158 valence electrons. The Kier molecular flexibility index (Phi) is 7.33. The second-order valence-electron chi connectivity index (χ2n) is 8.19. The van der Waals surface area contributed by atoms with Gasteiger partial charge in [-0.1, -0.05) is 58.0 Å². The van der Waals surface area contributed by atoms with Gasteiger partial charge in [-0.25, -0.2) is 0 Å². The molecule has 1 amide bonds. The van der Waals surface area contributed by atoms with Crippen molar-refractivity contribution in [3.05, 3.63) is 30.3 Å². The summed E-state index contributed by atoms with van der Waals surface area (Å²) in [5, 5.41) is 15.9. The van der Waals surface area contributed by atoms with E-state index >= 15 is 0 Å². The molecule has 8 nitrogen and oxygen atoms in total. The molecular formula is C21H32N6O2. The number of tetrazole rings is 1. The van der Waals surface area contributed by atoms with Crippen LogP contribution in [0.5, 0.6) is 0 Å². The zero-order chi connectivity index (χ0) is 20.8. The molecule has 2 heterocycles. The van der Waals surface area contributed by atoms with E-state index in [9.17, 15) is 4.79 Å². The molecule has 1 N–H and O–H groups in total. The molecule has 1 fully saturated rings. The van der Waals surface area contributed by atoms with Gasteiger partial charge in [0.05, 0.1) is 13.2 Å². The highest BCUT2D eigenvalue weighted by Gasteiger charge is 2.29. The summed E-state index contributed by atoms with van der Waals surface area (Å²) < 4.78 is 5.47. The maximum Gasteiger partial charge on any atom is 0.247 e. The lowest BCUT2D eigenvalue weighted by Gasteiger charge is -2.37. The van der Waals surface area contributed by atoms with Crippen LogP contribution in [0.4, 0.5) is 0 Å². The monoisotopic (exact) mass is 400 g/mol. The van der Waals surface area contributed by atoms with Gasteiger partial charge in [0.1, 0.15) is 0 Å². The Morgan fingerprint density at radius 3 is 2.41 bits per heavy atom. The van der Waals surface area contributed by atoms with Crippen molar-refractivity contribution in [1.82, 2.24) is 30.4 Å². The van der Waals surface area contributed by atoms with Crippen molar-refractivity contribution in [3.63, 3.8) is 0 Å². The first-order valence-corrected chi connectivity index (χ1v) is 10.4. The molecule has 8 heteroatoms. The van der Waals surface area contributed by atoms with Crippen molar-refractivity contribution >= 4 is 5.91 Å². The van der Waals surface area contributed by atoms with Gasteiger partial charge in [-0.2, -0.15) is 4.80 Å². The highest BCUT2D eigenvalue weighted by atomic mass is 16.5. The fourth-order valence-corrected chi connectivity index (χ4v) is 3.73. The summed E-state index contributed by atoms with van der Waals surface area (Å²) >= 11 is 0. The van der Waals surface area contributed by atoms with Crippen LogP contribution in [0, 0.1) is 11.8 Å². The van der Waals surface area contributed by atoms with Gasteiger partial charge in [-0.15, -0.1) is 10.2 Å². The van der Waals surface area contributed by atoms with Crippen molar-refractivity contribution in [2.75, 3.05) is 32.8 Å². The normalized spacial score (nSPS) is 17.4. The Hall–Kier alpha value is -2.32. The second kappa shape index (κ2) is 9.93. The van der Waals surface area contributed by atoms with Crippen LogP contribution < -0.4 is 5.32 Å². The molecule has 2 unspecified atom stereocenters. The van der Waals surface area contributed by atoms with Crippen LogP contribution in [-0.4, -0.2) is 69.9 Å². The van der Waals surface area contributed by atoms with Gasteiger partial charge in [0, 0.05) is 31.2 Å². The van der Waals surface area contributed by atoms with Gasteiger partial charge in [0.15, 0.2) is 6.04 Å². The summed E-state index contributed by atoms with van der Waals surface area (Å²) in [7, 11) is 0. The zero-order valence-corrected chi connectivity index (χ0v) is 17.8. The minimum Gasteiger partial charge on any atom is -0.379 e. The SMILES string of the molecule is CC(C)C(CNC(=O)C(C(C)C)n1nnc(-c2ccccc2)n1)N1CCOCC1. The maximum atomic E-state index is 13.1. The Labute approximate surface area is 172 Å². The lowest BCUT2D eigenvalue weighted by molar-refractivity contribution is -0.126. The molecule has 1 aliphatic heterocycles. The molecule has 2 aromatic rings. The van der Waals surface area contributed by atoms with Gasteiger partial charge < -0.3 is 10.1 Å². The van der Waals surface area contributed by atoms with Crippen LogP contribution in [0.2, 0.25) is 0 Å². The first-order chi connectivity index (χ1) is 14.0. The minimum absolute atomic E-state index is 0.0358. The van der Waals surface area contributed by atoms with Crippen LogP contribution in [0.1, 0.15) is 33.7 Å². The molecule has 0 spiro atoms. The number of nitrogens with one attached hydrogen (secondary N) is 1. The maximum absolute atomic E-state index is 13.1. The second-order valence-corrected chi connectivity index (χ2v) is 8.19. The van der Waals surface area contributed by atoms with Gasteiger partial charge in [0.25, 0.3) is 0 Å². The van der Waals surface area contributed by atoms with Crippen molar-refractivity contribution in [3.8, 4) is 11.4 Å². The number of ether oxygens (including phenoxy) is 1. The number of carbonyl (C=O) groups is 1. The number of amides is 1. The summed E-state index contributed by atoms with van der Waals surface area (Å²) in [6.45, 7) is 12.3. The molecule has 0 aliphatic carbocycles. The Morgan fingerprint density at radius 2 is 1.79 bits per heavy atom. The minimum atomic E-state index is -0.502.